The van der Waals surface area contributed by atoms with Crippen LogP contribution < -0.4 is 19.8 Å². The minimum Gasteiger partial charge on any atom is -0.484 e. The van der Waals surface area contributed by atoms with E-state index in [9.17, 15) is 4.79 Å². The predicted molar refractivity (Wildman–Crippen MR) is 115 cm³/mol. The second kappa shape index (κ2) is 8.27. The standard InChI is InChI=1S/C22H18N4O4S/c1-28-20-5-2-14(10-23-20)13-26-22(27)18-4-3-16(8-15(18)11-25-26)31-17-9-19-21(24-12-17)30-7-6-29-19/h2-5,8-12H,6-7,13H2,1H3. The van der Waals surface area contributed by atoms with Gasteiger partial charge >= 0.3 is 0 Å². The van der Waals surface area contributed by atoms with E-state index in [-0.39, 0.29) is 5.56 Å². The average Bonchev–Trinajstić information content (AvgIpc) is 2.81. The fraction of sp³-hybridized carbons (Fsp3) is 0.182. The fourth-order valence-electron chi connectivity index (χ4n) is 3.25. The molecule has 5 rings (SSSR count). The highest BCUT2D eigenvalue weighted by Crippen LogP contribution is 2.35. The maximum absolute atomic E-state index is 12.9. The van der Waals surface area contributed by atoms with E-state index >= 15 is 0 Å². The Morgan fingerprint density at radius 2 is 1.94 bits per heavy atom. The van der Waals surface area contributed by atoms with Crippen LogP contribution in [0.1, 0.15) is 5.56 Å². The first-order chi connectivity index (χ1) is 15.2. The summed E-state index contributed by atoms with van der Waals surface area (Å²) in [5, 5.41) is 5.73. The molecule has 3 aromatic heterocycles. The summed E-state index contributed by atoms with van der Waals surface area (Å²) in [6.45, 7) is 1.37. The molecule has 1 aromatic carbocycles. The summed E-state index contributed by atoms with van der Waals surface area (Å²) in [7, 11) is 1.56. The molecule has 0 N–H and O–H groups in total. The predicted octanol–water partition coefficient (Wildman–Crippen LogP) is 3.17. The fourth-order valence-corrected chi connectivity index (χ4v) is 4.11. The van der Waals surface area contributed by atoms with Crippen molar-refractivity contribution in [1.29, 1.82) is 0 Å². The van der Waals surface area contributed by atoms with Gasteiger partial charge in [0, 0.05) is 39.7 Å². The lowest BCUT2D eigenvalue weighted by Crippen LogP contribution is -2.23. The van der Waals surface area contributed by atoms with E-state index in [1.54, 1.807) is 31.8 Å². The number of fused-ring (bicyclic) bond motifs is 2. The van der Waals surface area contributed by atoms with Crippen LogP contribution in [0.3, 0.4) is 0 Å². The number of ether oxygens (including phenoxy) is 3. The normalized spacial score (nSPS) is 12.7. The Morgan fingerprint density at radius 3 is 2.77 bits per heavy atom. The van der Waals surface area contributed by atoms with Crippen molar-refractivity contribution in [1.82, 2.24) is 19.7 Å². The SMILES string of the molecule is COc1ccc(Cn2ncc3cc(Sc4cnc5c(c4)OCCO5)ccc3c2=O)cn1. The monoisotopic (exact) mass is 434 g/mol. The molecule has 0 saturated carbocycles. The van der Waals surface area contributed by atoms with Crippen LogP contribution in [0, 0.1) is 0 Å². The van der Waals surface area contributed by atoms with Gasteiger partial charge in [-0.05, 0) is 23.8 Å². The van der Waals surface area contributed by atoms with Crippen LogP contribution in [0.4, 0.5) is 0 Å². The molecule has 0 bridgehead atoms. The third-order valence-corrected chi connectivity index (χ3v) is 5.72. The van der Waals surface area contributed by atoms with Crippen molar-refractivity contribution in [2.24, 2.45) is 0 Å². The topological polar surface area (TPSA) is 88.4 Å². The lowest BCUT2D eigenvalue weighted by atomic mass is 10.2. The first-order valence-electron chi connectivity index (χ1n) is 9.62. The summed E-state index contributed by atoms with van der Waals surface area (Å²) in [4.78, 5) is 23.3. The molecule has 0 aliphatic carbocycles. The minimum absolute atomic E-state index is 0.147. The third-order valence-electron chi connectivity index (χ3n) is 4.77. The van der Waals surface area contributed by atoms with Gasteiger partial charge in [-0.15, -0.1) is 0 Å². The van der Waals surface area contributed by atoms with Gasteiger partial charge in [0.15, 0.2) is 5.75 Å². The number of methoxy groups -OCH3 is 1. The molecular weight excluding hydrogens is 416 g/mol. The zero-order chi connectivity index (χ0) is 21.2. The van der Waals surface area contributed by atoms with Gasteiger partial charge in [0.2, 0.25) is 5.88 Å². The molecule has 8 nitrogen and oxygen atoms in total. The summed E-state index contributed by atoms with van der Waals surface area (Å²) in [5.74, 6) is 1.70. The molecule has 0 spiro atoms. The molecule has 31 heavy (non-hydrogen) atoms. The molecule has 0 unspecified atom stereocenters. The van der Waals surface area contributed by atoms with E-state index in [1.165, 1.54) is 16.4 Å². The van der Waals surface area contributed by atoms with E-state index in [2.05, 4.69) is 15.1 Å². The number of aromatic nitrogens is 4. The highest BCUT2D eigenvalue weighted by molar-refractivity contribution is 7.99. The number of nitrogens with zero attached hydrogens (tertiary/aromatic N) is 4. The van der Waals surface area contributed by atoms with Crippen molar-refractivity contribution < 1.29 is 14.2 Å². The molecule has 1 aliphatic heterocycles. The number of benzene rings is 1. The molecule has 0 amide bonds. The second-order valence-corrected chi connectivity index (χ2v) is 7.99. The van der Waals surface area contributed by atoms with Crippen LogP contribution in [0.15, 0.2) is 69.6 Å². The van der Waals surface area contributed by atoms with Gasteiger partial charge in [-0.25, -0.2) is 14.6 Å². The van der Waals surface area contributed by atoms with E-state index in [0.29, 0.717) is 42.7 Å². The number of hydrogen-bond acceptors (Lipinski definition) is 8. The van der Waals surface area contributed by atoms with Gasteiger partial charge in [-0.1, -0.05) is 17.8 Å². The van der Waals surface area contributed by atoms with Gasteiger partial charge in [-0.3, -0.25) is 4.79 Å². The van der Waals surface area contributed by atoms with Crippen molar-refractivity contribution in [3.63, 3.8) is 0 Å². The molecule has 4 heterocycles. The Balaban J connectivity index is 1.39. The molecule has 4 aromatic rings. The first-order valence-corrected chi connectivity index (χ1v) is 10.4. The van der Waals surface area contributed by atoms with E-state index in [1.807, 2.05) is 30.3 Å². The summed E-state index contributed by atoms with van der Waals surface area (Å²) >= 11 is 1.54. The van der Waals surface area contributed by atoms with Crippen LogP contribution in [0.2, 0.25) is 0 Å². The Labute approximate surface area is 181 Å². The van der Waals surface area contributed by atoms with Gasteiger partial charge < -0.3 is 14.2 Å². The highest BCUT2D eigenvalue weighted by Gasteiger charge is 2.14. The van der Waals surface area contributed by atoms with Crippen LogP contribution >= 0.6 is 11.8 Å². The van der Waals surface area contributed by atoms with E-state index < -0.39 is 0 Å². The highest BCUT2D eigenvalue weighted by atomic mass is 32.2. The second-order valence-electron chi connectivity index (χ2n) is 6.84. The van der Waals surface area contributed by atoms with Crippen LogP contribution in [-0.2, 0) is 6.54 Å². The number of hydrogen-bond donors (Lipinski definition) is 0. The maximum atomic E-state index is 12.9. The molecule has 9 heteroatoms. The summed E-state index contributed by atoms with van der Waals surface area (Å²) in [6, 6.07) is 11.2. The van der Waals surface area contributed by atoms with Crippen molar-refractivity contribution in [3.8, 4) is 17.5 Å². The van der Waals surface area contributed by atoms with Crippen LogP contribution in [-0.4, -0.2) is 40.1 Å². The van der Waals surface area contributed by atoms with Gasteiger partial charge in [-0.2, -0.15) is 5.10 Å². The van der Waals surface area contributed by atoms with Gasteiger partial charge in [0.1, 0.15) is 13.2 Å². The lowest BCUT2D eigenvalue weighted by molar-refractivity contribution is 0.164. The molecule has 0 saturated heterocycles. The number of rotatable bonds is 5. The lowest BCUT2D eigenvalue weighted by Gasteiger charge is -2.17. The largest absolute Gasteiger partial charge is 0.484 e. The zero-order valence-electron chi connectivity index (χ0n) is 16.6. The molecule has 156 valence electrons. The average molecular weight is 434 g/mol. The van der Waals surface area contributed by atoms with Crippen molar-refractivity contribution in [2.75, 3.05) is 20.3 Å². The molecular formula is C22H18N4O4S. The number of pyridine rings is 2. The summed E-state index contributed by atoms with van der Waals surface area (Å²) in [6.07, 6.45) is 5.14. The molecule has 0 atom stereocenters. The Kier molecular flexibility index (Phi) is 5.17. The molecule has 0 radical (unpaired) electrons. The van der Waals surface area contributed by atoms with Crippen LogP contribution in [0.5, 0.6) is 17.5 Å². The molecule has 0 fully saturated rings. The van der Waals surface area contributed by atoms with Crippen molar-refractivity contribution >= 4 is 22.5 Å². The Hall–Kier alpha value is -3.59. The minimum atomic E-state index is -0.147. The first kappa shape index (κ1) is 19.4. The summed E-state index contributed by atoms with van der Waals surface area (Å²) in [5.41, 5.74) is 0.721. The Morgan fingerprint density at radius 1 is 1.03 bits per heavy atom. The smallest absolute Gasteiger partial charge is 0.274 e. The third kappa shape index (κ3) is 4.04. The van der Waals surface area contributed by atoms with Crippen molar-refractivity contribution in [2.45, 2.75) is 16.3 Å². The zero-order valence-corrected chi connectivity index (χ0v) is 17.5. The quantitative estimate of drug-likeness (QED) is 0.473. The summed E-state index contributed by atoms with van der Waals surface area (Å²) < 4.78 is 17.6. The van der Waals surface area contributed by atoms with Crippen LogP contribution in [0.25, 0.3) is 10.8 Å². The van der Waals surface area contributed by atoms with E-state index in [4.69, 9.17) is 14.2 Å². The maximum Gasteiger partial charge on any atom is 0.274 e. The van der Waals surface area contributed by atoms with E-state index in [0.717, 1.165) is 20.7 Å². The van der Waals surface area contributed by atoms with Gasteiger partial charge in [0.25, 0.3) is 11.4 Å². The van der Waals surface area contributed by atoms with Gasteiger partial charge in [0.05, 0.1) is 25.2 Å². The van der Waals surface area contributed by atoms with Crippen molar-refractivity contribution in [3.05, 3.63) is 70.9 Å². The Bertz CT molecular complexity index is 1310. The molecule has 1 aliphatic rings.